The molecule has 0 saturated carbocycles. The largest absolute Gasteiger partial charge is 0.478 e. The third-order valence-corrected chi connectivity index (χ3v) is 5.49. The summed E-state index contributed by atoms with van der Waals surface area (Å²) in [4.78, 5) is 10.8. The average molecular weight is 314 g/mol. The maximum atomic E-state index is 12.6. The van der Waals surface area contributed by atoms with Crippen LogP contribution in [-0.2, 0) is 14.8 Å². The Balaban J connectivity index is 2.33. The second-order valence-corrected chi connectivity index (χ2v) is 6.83. The topological polar surface area (TPSA) is 110 Å². The van der Waals surface area contributed by atoms with E-state index in [1.807, 2.05) is 0 Å². The van der Waals surface area contributed by atoms with Crippen LogP contribution in [0.1, 0.15) is 23.2 Å². The Morgan fingerprint density at radius 2 is 2.19 bits per heavy atom. The van der Waals surface area contributed by atoms with Gasteiger partial charge in [0.15, 0.2) is 0 Å². The second kappa shape index (κ2) is 6.00. The normalized spacial score (nSPS) is 20.3. The molecule has 8 heteroatoms. The Morgan fingerprint density at radius 3 is 2.76 bits per heavy atom. The maximum absolute atomic E-state index is 12.6. The Kier molecular flexibility index (Phi) is 4.50. The fourth-order valence-electron chi connectivity index (χ4n) is 2.37. The number of hydrogen-bond acceptors (Lipinski definition) is 5. The Bertz CT molecular complexity index is 644. The lowest BCUT2D eigenvalue weighted by Gasteiger charge is -2.31. The molecule has 1 atom stereocenters. The van der Waals surface area contributed by atoms with E-state index in [1.165, 1.54) is 16.4 Å². The van der Waals surface area contributed by atoms with Crippen molar-refractivity contribution >= 4 is 21.7 Å². The van der Waals surface area contributed by atoms with Crippen molar-refractivity contribution in [2.45, 2.75) is 23.8 Å². The molecule has 1 aliphatic heterocycles. The Labute approximate surface area is 123 Å². The van der Waals surface area contributed by atoms with Crippen LogP contribution in [0.3, 0.4) is 0 Å². The fourth-order valence-corrected chi connectivity index (χ4v) is 3.98. The molecular weight excluding hydrogens is 296 g/mol. The van der Waals surface area contributed by atoms with E-state index in [9.17, 15) is 13.2 Å². The fraction of sp³-hybridized carbons (Fsp3) is 0.462. The van der Waals surface area contributed by atoms with Gasteiger partial charge in [0.25, 0.3) is 0 Å². The minimum atomic E-state index is -3.74. The lowest BCUT2D eigenvalue weighted by atomic mass is 10.1. The number of methoxy groups -OCH3 is 1. The molecule has 3 N–H and O–H groups in total. The van der Waals surface area contributed by atoms with Gasteiger partial charge in [-0.25, -0.2) is 13.2 Å². The molecule has 0 spiro atoms. The second-order valence-electron chi connectivity index (χ2n) is 4.92. The number of hydrogen-bond donors (Lipinski definition) is 2. The number of benzene rings is 1. The molecule has 0 bridgehead atoms. The van der Waals surface area contributed by atoms with Gasteiger partial charge in [-0.1, -0.05) is 0 Å². The average Bonchev–Trinajstić information content (AvgIpc) is 2.46. The van der Waals surface area contributed by atoms with E-state index in [4.69, 9.17) is 15.6 Å². The zero-order valence-electron chi connectivity index (χ0n) is 11.7. The first-order chi connectivity index (χ1) is 9.86. The summed E-state index contributed by atoms with van der Waals surface area (Å²) in [5.74, 6) is -1.15. The van der Waals surface area contributed by atoms with E-state index >= 15 is 0 Å². The van der Waals surface area contributed by atoms with Crippen LogP contribution in [0.15, 0.2) is 23.1 Å². The zero-order chi connectivity index (χ0) is 15.6. The number of carbonyl (C=O) groups is 1. The SMILES string of the molecule is COC1CCCN(S(=O)(=O)c2ccc(C(=O)O)cc2N)C1. The van der Waals surface area contributed by atoms with Crippen molar-refractivity contribution in [3.63, 3.8) is 0 Å². The first-order valence-electron chi connectivity index (χ1n) is 6.52. The molecule has 2 rings (SSSR count). The molecule has 1 fully saturated rings. The van der Waals surface area contributed by atoms with Crippen molar-refractivity contribution in [3.05, 3.63) is 23.8 Å². The van der Waals surface area contributed by atoms with E-state index < -0.39 is 16.0 Å². The minimum Gasteiger partial charge on any atom is -0.478 e. The molecular formula is C13H18N2O5S. The number of nitrogen functional groups attached to an aromatic ring is 1. The van der Waals surface area contributed by atoms with Gasteiger partial charge in [0.2, 0.25) is 10.0 Å². The van der Waals surface area contributed by atoms with Crippen molar-refractivity contribution in [1.29, 1.82) is 0 Å². The summed E-state index contributed by atoms with van der Waals surface area (Å²) in [7, 11) is -2.19. The van der Waals surface area contributed by atoms with Gasteiger partial charge in [-0.15, -0.1) is 0 Å². The van der Waals surface area contributed by atoms with Crippen LogP contribution in [0.2, 0.25) is 0 Å². The molecule has 1 aromatic carbocycles. The van der Waals surface area contributed by atoms with Gasteiger partial charge >= 0.3 is 5.97 Å². The van der Waals surface area contributed by atoms with Crippen LogP contribution in [0.5, 0.6) is 0 Å². The van der Waals surface area contributed by atoms with Crippen LogP contribution in [0.25, 0.3) is 0 Å². The lowest BCUT2D eigenvalue weighted by Crippen LogP contribution is -2.43. The number of carboxylic acids is 1. The van der Waals surface area contributed by atoms with Crippen molar-refractivity contribution in [2.24, 2.45) is 0 Å². The van der Waals surface area contributed by atoms with Crippen LogP contribution in [-0.4, -0.2) is 50.1 Å². The quantitative estimate of drug-likeness (QED) is 0.794. The van der Waals surface area contributed by atoms with E-state index in [-0.39, 0.29) is 28.8 Å². The number of piperidine rings is 1. The molecule has 1 aromatic rings. The number of rotatable bonds is 4. The Morgan fingerprint density at radius 1 is 1.48 bits per heavy atom. The van der Waals surface area contributed by atoms with Gasteiger partial charge in [-0.3, -0.25) is 0 Å². The molecule has 1 saturated heterocycles. The standard InChI is InChI=1S/C13H18N2O5S/c1-20-10-3-2-6-15(8-10)21(18,19)12-5-4-9(13(16)17)7-11(12)14/h4-5,7,10H,2-3,6,8,14H2,1H3,(H,16,17). The highest BCUT2D eigenvalue weighted by molar-refractivity contribution is 7.89. The summed E-state index contributed by atoms with van der Waals surface area (Å²) >= 11 is 0. The summed E-state index contributed by atoms with van der Waals surface area (Å²) in [6, 6.07) is 3.64. The molecule has 1 unspecified atom stereocenters. The Hall–Kier alpha value is -1.64. The number of ether oxygens (including phenoxy) is 1. The first kappa shape index (κ1) is 15.7. The van der Waals surface area contributed by atoms with E-state index in [0.29, 0.717) is 13.0 Å². The predicted molar refractivity (Wildman–Crippen MR) is 76.6 cm³/mol. The highest BCUT2D eigenvalue weighted by Gasteiger charge is 2.31. The number of sulfonamides is 1. The molecule has 7 nitrogen and oxygen atoms in total. The molecule has 0 aromatic heterocycles. The number of nitrogens with zero attached hydrogens (tertiary/aromatic N) is 1. The molecule has 0 aliphatic carbocycles. The van der Waals surface area contributed by atoms with Gasteiger partial charge in [-0.2, -0.15) is 4.31 Å². The smallest absolute Gasteiger partial charge is 0.335 e. The number of nitrogens with two attached hydrogens (primary N) is 1. The third kappa shape index (κ3) is 3.17. The van der Waals surface area contributed by atoms with E-state index in [2.05, 4.69) is 0 Å². The summed E-state index contributed by atoms with van der Waals surface area (Å²) in [6.07, 6.45) is 1.40. The van der Waals surface area contributed by atoms with Gasteiger partial charge in [0.1, 0.15) is 4.90 Å². The van der Waals surface area contributed by atoms with Crippen molar-refractivity contribution < 1.29 is 23.1 Å². The maximum Gasteiger partial charge on any atom is 0.335 e. The van der Waals surface area contributed by atoms with Gasteiger partial charge in [0, 0.05) is 20.2 Å². The number of anilines is 1. The lowest BCUT2D eigenvalue weighted by molar-refractivity contribution is 0.0572. The predicted octanol–water partition coefficient (Wildman–Crippen LogP) is 0.766. The summed E-state index contributed by atoms with van der Waals surface area (Å²) < 4.78 is 31.7. The van der Waals surface area contributed by atoms with Crippen molar-refractivity contribution in [2.75, 3.05) is 25.9 Å². The van der Waals surface area contributed by atoms with Crippen LogP contribution < -0.4 is 5.73 Å². The molecule has 0 radical (unpaired) electrons. The number of aromatic carboxylic acids is 1. The van der Waals surface area contributed by atoms with Crippen molar-refractivity contribution in [3.8, 4) is 0 Å². The molecule has 21 heavy (non-hydrogen) atoms. The highest BCUT2D eigenvalue weighted by atomic mass is 32.2. The molecule has 116 valence electrons. The van der Waals surface area contributed by atoms with Gasteiger partial charge in [0.05, 0.1) is 17.4 Å². The summed E-state index contributed by atoms with van der Waals surface area (Å²) in [5.41, 5.74) is 5.62. The highest BCUT2D eigenvalue weighted by Crippen LogP contribution is 2.26. The summed E-state index contributed by atoms with van der Waals surface area (Å²) in [6.45, 7) is 0.682. The van der Waals surface area contributed by atoms with Crippen molar-refractivity contribution in [1.82, 2.24) is 4.31 Å². The number of carboxylic acid groups (broad SMARTS) is 1. The zero-order valence-corrected chi connectivity index (χ0v) is 12.5. The minimum absolute atomic E-state index is 0.0418. The van der Waals surface area contributed by atoms with Crippen LogP contribution >= 0.6 is 0 Å². The van der Waals surface area contributed by atoms with Crippen LogP contribution in [0, 0.1) is 0 Å². The first-order valence-corrected chi connectivity index (χ1v) is 7.96. The molecule has 0 amide bonds. The van der Waals surface area contributed by atoms with E-state index in [1.54, 1.807) is 7.11 Å². The molecule has 1 heterocycles. The molecule has 1 aliphatic rings. The summed E-state index contributed by atoms with van der Waals surface area (Å²) in [5, 5.41) is 8.89. The van der Waals surface area contributed by atoms with Gasteiger partial charge in [-0.05, 0) is 31.0 Å². The van der Waals surface area contributed by atoms with Gasteiger partial charge < -0.3 is 15.6 Å². The van der Waals surface area contributed by atoms with Crippen LogP contribution in [0.4, 0.5) is 5.69 Å². The third-order valence-electron chi connectivity index (χ3n) is 3.55. The monoisotopic (exact) mass is 314 g/mol. The van der Waals surface area contributed by atoms with E-state index in [0.717, 1.165) is 12.5 Å².